The van der Waals surface area contributed by atoms with Crippen molar-refractivity contribution in [3.05, 3.63) is 53.1 Å². The highest BCUT2D eigenvalue weighted by molar-refractivity contribution is 5.58. The summed E-state index contributed by atoms with van der Waals surface area (Å²) in [5.41, 5.74) is 4.15. The van der Waals surface area contributed by atoms with Crippen molar-refractivity contribution in [1.82, 2.24) is 0 Å². The van der Waals surface area contributed by atoms with Crippen molar-refractivity contribution in [3.8, 4) is 28.7 Å². The number of phenolic OH excluding ortho intramolecular Hbond substituents is 1. The molecule has 5 heteroatoms. The second kappa shape index (κ2) is 5.34. The largest absolute Gasteiger partial charge is 0.504 e. The summed E-state index contributed by atoms with van der Waals surface area (Å²) < 4.78 is 23.4. The van der Waals surface area contributed by atoms with E-state index in [2.05, 4.69) is 12.6 Å². The fraction of sp³-hybridized carbons (Fsp3) is 0.333. The summed E-state index contributed by atoms with van der Waals surface area (Å²) in [6.45, 7) is 6.49. The van der Waals surface area contributed by atoms with E-state index in [0.717, 1.165) is 45.9 Å². The average Bonchev–Trinajstić information content (AvgIpc) is 3.19. The summed E-state index contributed by atoms with van der Waals surface area (Å²) in [5.74, 6) is 2.99. The lowest BCUT2D eigenvalue weighted by Crippen LogP contribution is -2.23. The maximum Gasteiger partial charge on any atom is 0.164 e. The van der Waals surface area contributed by atoms with Crippen molar-refractivity contribution in [2.24, 2.45) is 0 Å². The first kappa shape index (κ1) is 15.4. The van der Waals surface area contributed by atoms with Crippen LogP contribution in [0.5, 0.6) is 28.7 Å². The molecule has 0 unspecified atom stereocenters. The van der Waals surface area contributed by atoms with Gasteiger partial charge < -0.3 is 24.1 Å². The van der Waals surface area contributed by atoms with Gasteiger partial charge in [0.2, 0.25) is 0 Å². The van der Waals surface area contributed by atoms with Gasteiger partial charge in [0.05, 0.1) is 19.6 Å². The van der Waals surface area contributed by atoms with Gasteiger partial charge in [-0.3, -0.25) is 0 Å². The highest BCUT2D eigenvalue weighted by atomic mass is 16.5. The molecule has 3 atom stereocenters. The minimum atomic E-state index is -0.130. The van der Waals surface area contributed by atoms with Crippen molar-refractivity contribution in [3.63, 3.8) is 0 Å². The van der Waals surface area contributed by atoms with Gasteiger partial charge in [-0.05, 0) is 30.2 Å². The molecular formula is C21H20O5. The maximum absolute atomic E-state index is 10.1. The van der Waals surface area contributed by atoms with Gasteiger partial charge in [-0.2, -0.15) is 0 Å². The quantitative estimate of drug-likeness (QED) is 0.831. The van der Waals surface area contributed by atoms with Crippen molar-refractivity contribution in [2.75, 3.05) is 13.7 Å². The molecule has 1 N–H and O–H groups in total. The van der Waals surface area contributed by atoms with E-state index >= 15 is 0 Å². The number of rotatable bonds is 2. The van der Waals surface area contributed by atoms with E-state index in [4.69, 9.17) is 18.9 Å². The number of fused-ring (bicyclic) bond motifs is 6. The van der Waals surface area contributed by atoms with Gasteiger partial charge in [0.25, 0.3) is 0 Å². The van der Waals surface area contributed by atoms with E-state index in [9.17, 15) is 5.11 Å². The van der Waals surface area contributed by atoms with Crippen LogP contribution in [-0.4, -0.2) is 24.9 Å². The number of hydrogen-bond donors (Lipinski definition) is 1. The number of aromatic hydroxyl groups is 1. The molecule has 0 saturated carbocycles. The van der Waals surface area contributed by atoms with E-state index in [0.29, 0.717) is 12.4 Å². The van der Waals surface area contributed by atoms with Gasteiger partial charge >= 0.3 is 0 Å². The first-order valence-corrected chi connectivity index (χ1v) is 8.74. The lowest BCUT2D eigenvalue weighted by atomic mass is 9.88. The highest BCUT2D eigenvalue weighted by Gasteiger charge is 2.42. The summed E-state index contributed by atoms with van der Waals surface area (Å²) in [6, 6.07) is 7.57. The molecule has 2 aromatic rings. The standard InChI is InChI=1S/C21H20O5/c1-10(2)16-5-11-4-13-18(7-17(11)25-16)24-9-14-12-6-15(22)20(23-3)8-19(12)26-21(13)14/h4,6-8,14,16,21-22H,1,5,9H2,2-3H3/t14-,16-,21-/m0/s1. The molecule has 3 aliphatic heterocycles. The third-order valence-corrected chi connectivity index (χ3v) is 5.47. The number of methoxy groups -OCH3 is 1. The Morgan fingerprint density at radius 3 is 2.73 bits per heavy atom. The second-order valence-electron chi connectivity index (χ2n) is 7.17. The molecule has 2 aromatic carbocycles. The Morgan fingerprint density at radius 1 is 1.12 bits per heavy atom. The van der Waals surface area contributed by atoms with Gasteiger partial charge in [0.15, 0.2) is 11.5 Å². The molecule has 0 spiro atoms. The Bertz CT molecular complexity index is 932. The SMILES string of the molecule is C=C(C)[C@@H]1Cc2cc3c(cc2O1)OC[C@H]1c2cc(O)c(OC)cc2O[C@@H]31. The number of hydrogen-bond acceptors (Lipinski definition) is 5. The normalized spacial score (nSPS) is 24.3. The van der Waals surface area contributed by atoms with Crippen molar-refractivity contribution in [2.45, 2.75) is 31.5 Å². The summed E-state index contributed by atoms with van der Waals surface area (Å²) in [4.78, 5) is 0. The molecular weight excluding hydrogens is 332 g/mol. The summed E-state index contributed by atoms with van der Waals surface area (Å²) in [7, 11) is 1.53. The summed E-state index contributed by atoms with van der Waals surface area (Å²) >= 11 is 0. The van der Waals surface area contributed by atoms with Crippen LogP contribution in [0.1, 0.15) is 35.6 Å². The van der Waals surface area contributed by atoms with E-state index in [1.54, 1.807) is 12.1 Å². The molecule has 3 aliphatic rings. The lowest BCUT2D eigenvalue weighted by Gasteiger charge is -2.28. The number of benzene rings is 2. The molecule has 0 radical (unpaired) electrons. The smallest absolute Gasteiger partial charge is 0.164 e. The van der Waals surface area contributed by atoms with Gasteiger partial charge in [-0.15, -0.1) is 0 Å². The minimum absolute atomic E-state index is 0.0209. The summed E-state index contributed by atoms with van der Waals surface area (Å²) in [6.07, 6.45) is 0.707. The zero-order valence-corrected chi connectivity index (χ0v) is 14.7. The Labute approximate surface area is 151 Å². The summed E-state index contributed by atoms with van der Waals surface area (Å²) in [5, 5.41) is 10.1. The third kappa shape index (κ3) is 2.09. The van der Waals surface area contributed by atoms with Crippen LogP contribution in [0.3, 0.4) is 0 Å². The van der Waals surface area contributed by atoms with Crippen LogP contribution in [0.2, 0.25) is 0 Å². The van der Waals surface area contributed by atoms with Gasteiger partial charge in [0, 0.05) is 29.7 Å². The fourth-order valence-electron chi connectivity index (χ4n) is 4.05. The fourth-order valence-corrected chi connectivity index (χ4v) is 4.05. The van der Waals surface area contributed by atoms with Crippen LogP contribution in [0, 0.1) is 0 Å². The Balaban J connectivity index is 1.54. The van der Waals surface area contributed by atoms with E-state index in [1.807, 2.05) is 13.0 Å². The molecule has 26 heavy (non-hydrogen) atoms. The lowest BCUT2D eigenvalue weighted by molar-refractivity contribution is 0.139. The Hall–Kier alpha value is -2.82. The van der Waals surface area contributed by atoms with Gasteiger partial charge in [0.1, 0.15) is 29.5 Å². The number of phenols is 1. The van der Waals surface area contributed by atoms with Gasteiger partial charge in [-0.1, -0.05) is 6.58 Å². The van der Waals surface area contributed by atoms with E-state index < -0.39 is 0 Å². The molecule has 0 aliphatic carbocycles. The van der Waals surface area contributed by atoms with Crippen LogP contribution in [-0.2, 0) is 6.42 Å². The van der Waals surface area contributed by atoms with Crippen LogP contribution in [0.4, 0.5) is 0 Å². The van der Waals surface area contributed by atoms with Crippen LogP contribution >= 0.6 is 0 Å². The molecule has 5 rings (SSSR count). The molecule has 0 saturated heterocycles. The first-order chi connectivity index (χ1) is 12.5. The first-order valence-electron chi connectivity index (χ1n) is 8.74. The second-order valence-corrected chi connectivity index (χ2v) is 7.17. The molecule has 5 nitrogen and oxygen atoms in total. The van der Waals surface area contributed by atoms with Crippen LogP contribution in [0.15, 0.2) is 36.4 Å². The number of ether oxygens (including phenoxy) is 4. The minimum Gasteiger partial charge on any atom is -0.504 e. The van der Waals surface area contributed by atoms with Crippen LogP contribution < -0.4 is 18.9 Å². The topological polar surface area (TPSA) is 57.2 Å². The Kier molecular flexibility index (Phi) is 3.17. The maximum atomic E-state index is 10.1. The predicted molar refractivity (Wildman–Crippen MR) is 95.6 cm³/mol. The van der Waals surface area contributed by atoms with Crippen molar-refractivity contribution >= 4 is 0 Å². The van der Waals surface area contributed by atoms with E-state index in [1.165, 1.54) is 7.11 Å². The molecule has 3 heterocycles. The highest BCUT2D eigenvalue weighted by Crippen LogP contribution is 2.54. The molecule has 0 bridgehead atoms. The van der Waals surface area contributed by atoms with Crippen LogP contribution in [0.25, 0.3) is 0 Å². The van der Waals surface area contributed by atoms with Crippen molar-refractivity contribution in [1.29, 1.82) is 0 Å². The molecule has 134 valence electrons. The molecule has 0 amide bonds. The Morgan fingerprint density at radius 2 is 1.96 bits per heavy atom. The average molecular weight is 352 g/mol. The van der Waals surface area contributed by atoms with Gasteiger partial charge in [-0.25, -0.2) is 0 Å². The molecule has 0 aromatic heterocycles. The third-order valence-electron chi connectivity index (χ3n) is 5.47. The van der Waals surface area contributed by atoms with Crippen molar-refractivity contribution < 1.29 is 24.1 Å². The monoisotopic (exact) mass is 352 g/mol. The predicted octanol–water partition coefficient (Wildman–Crippen LogP) is 3.89. The zero-order chi connectivity index (χ0) is 18.0. The van der Waals surface area contributed by atoms with E-state index in [-0.39, 0.29) is 23.9 Å². The zero-order valence-electron chi connectivity index (χ0n) is 14.7. The molecule has 0 fully saturated rings.